The van der Waals surface area contributed by atoms with E-state index in [0.717, 1.165) is 50.2 Å². The van der Waals surface area contributed by atoms with Gasteiger partial charge in [0.25, 0.3) is 0 Å². The molecule has 0 bridgehead atoms. The second-order valence-electron chi connectivity index (χ2n) is 6.68. The van der Waals surface area contributed by atoms with Gasteiger partial charge in [-0.15, -0.1) is 0 Å². The van der Waals surface area contributed by atoms with E-state index in [0.29, 0.717) is 19.3 Å². The SMILES string of the molecule is CCC/C=C(\CCC)Nc1n[pH]c(C(C)CN/C(CO)=C(\Cl)CC)c1C. The van der Waals surface area contributed by atoms with Gasteiger partial charge in [-0.25, -0.2) is 4.75 Å². The Morgan fingerprint density at radius 1 is 1.31 bits per heavy atom. The van der Waals surface area contributed by atoms with Gasteiger partial charge in [0.05, 0.1) is 12.3 Å². The van der Waals surface area contributed by atoms with Gasteiger partial charge in [-0.2, -0.15) is 0 Å². The number of hydrogen-bond donors (Lipinski definition) is 3. The summed E-state index contributed by atoms with van der Waals surface area (Å²) < 4.78 is 4.75. The van der Waals surface area contributed by atoms with Crippen LogP contribution < -0.4 is 10.6 Å². The topological polar surface area (TPSA) is 57.2 Å². The van der Waals surface area contributed by atoms with Gasteiger partial charge in [0, 0.05) is 28.8 Å². The largest absolute Gasteiger partial charge is 0.390 e. The van der Waals surface area contributed by atoms with E-state index in [1.165, 1.54) is 16.6 Å². The first kappa shape index (κ1) is 23.1. The fourth-order valence-electron chi connectivity index (χ4n) is 2.80. The van der Waals surface area contributed by atoms with Crippen LogP contribution in [0.2, 0.25) is 0 Å². The molecule has 0 radical (unpaired) electrons. The van der Waals surface area contributed by atoms with E-state index in [1.54, 1.807) is 0 Å². The summed E-state index contributed by atoms with van der Waals surface area (Å²) in [5.74, 6) is 1.36. The van der Waals surface area contributed by atoms with Crippen LogP contribution in [0.15, 0.2) is 22.5 Å². The average molecular weight is 400 g/mol. The molecule has 2 atom stereocenters. The van der Waals surface area contributed by atoms with Gasteiger partial charge in [-0.1, -0.05) is 58.2 Å². The van der Waals surface area contributed by atoms with Crippen LogP contribution in [-0.4, -0.2) is 23.0 Å². The minimum absolute atomic E-state index is 0.0500. The normalized spacial score (nSPS) is 14.5. The molecule has 3 N–H and O–H groups in total. The number of nitrogens with one attached hydrogen (secondary N) is 2. The lowest BCUT2D eigenvalue weighted by molar-refractivity contribution is 0.319. The summed E-state index contributed by atoms with van der Waals surface area (Å²) in [6, 6.07) is 0. The summed E-state index contributed by atoms with van der Waals surface area (Å²) in [6.07, 6.45) is 7.47. The lowest BCUT2D eigenvalue weighted by atomic mass is 10.1. The average Bonchev–Trinajstić information content (AvgIpc) is 3.00. The number of halogens is 1. The third-order valence-corrected chi connectivity index (χ3v) is 6.37. The number of aliphatic hydroxyl groups is 1. The van der Waals surface area contributed by atoms with Crippen LogP contribution in [0.25, 0.3) is 0 Å². The van der Waals surface area contributed by atoms with Crippen molar-refractivity contribution in [3.8, 4) is 0 Å². The Kier molecular flexibility index (Phi) is 11.0. The van der Waals surface area contributed by atoms with E-state index >= 15 is 0 Å². The smallest absolute Gasteiger partial charge is 0.137 e. The lowest BCUT2D eigenvalue weighted by Gasteiger charge is -2.16. The molecule has 1 aromatic heterocycles. The molecule has 2 unspecified atom stereocenters. The van der Waals surface area contributed by atoms with Crippen LogP contribution >= 0.6 is 20.0 Å². The fraction of sp³-hybridized carbons (Fsp3) is 0.650. The Hall–Kier alpha value is -0.960. The number of unbranched alkanes of at least 4 members (excludes halogenated alkanes) is 1. The highest BCUT2D eigenvalue weighted by atomic mass is 35.5. The van der Waals surface area contributed by atoms with Crippen LogP contribution in [0.4, 0.5) is 5.82 Å². The summed E-state index contributed by atoms with van der Waals surface area (Å²) in [4.78, 5) is 0. The lowest BCUT2D eigenvalue weighted by Crippen LogP contribution is -2.22. The number of hydrogen-bond acceptors (Lipinski definition) is 4. The standard InChI is InChI=1S/C20H35ClN3OP/c1-6-9-11-16(10-7-2)23-20-15(5)19(26-24-20)14(4)12-22-18(13-25)17(21)8-3/h11,14,22,25-26H,6-10,12-13H2,1-5H3,(H,23,24)/b16-11+,18-17-. The first-order valence-corrected chi connectivity index (χ1v) is 11.0. The molecule has 6 heteroatoms. The van der Waals surface area contributed by atoms with Crippen molar-refractivity contribution in [2.45, 2.75) is 72.6 Å². The van der Waals surface area contributed by atoms with E-state index in [-0.39, 0.29) is 6.61 Å². The Morgan fingerprint density at radius 2 is 2.04 bits per heavy atom. The van der Waals surface area contributed by atoms with E-state index in [1.807, 2.05) is 6.92 Å². The molecule has 0 fully saturated rings. The van der Waals surface area contributed by atoms with E-state index in [2.05, 4.69) is 44.4 Å². The summed E-state index contributed by atoms with van der Waals surface area (Å²) in [6.45, 7) is 11.4. The van der Waals surface area contributed by atoms with Gasteiger partial charge in [-0.3, -0.25) is 0 Å². The zero-order valence-electron chi connectivity index (χ0n) is 16.9. The highest BCUT2D eigenvalue weighted by molar-refractivity contribution is 7.26. The molecule has 4 nitrogen and oxygen atoms in total. The van der Waals surface area contributed by atoms with Gasteiger partial charge in [0.15, 0.2) is 0 Å². The number of allylic oxidation sites excluding steroid dienone is 3. The maximum absolute atomic E-state index is 9.47. The summed E-state index contributed by atoms with van der Waals surface area (Å²) >= 11 is 6.16. The van der Waals surface area contributed by atoms with Gasteiger partial charge < -0.3 is 15.7 Å². The fourth-order valence-corrected chi connectivity index (χ4v) is 3.99. The molecule has 0 aliphatic carbocycles. The van der Waals surface area contributed by atoms with Crippen LogP contribution in [0.3, 0.4) is 0 Å². The van der Waals surface area contributed by atoms with Crippen molar-refractivity contribution in [2.75, 3.05) is 18.5 Å². The number of nitrogens with zero attached hydrogens (tertiary/aromatic N) is 1. The maximum atomic E-state index is 9.47. The number of aromatic nitrogens is 1. The van der Waals surface area contributed by atoms with Crippen molar-refractivity contribution in [1.29, 1.82) is 0 Å². The third kappa shape index (κ3) is 6.98. The molecular weight excluding hydrogens is 365 g/mol. The number of aliphatic hydroxyl groups excluding tert-OH is 1. The molecule has 1 heterocycles. The first-order valence-electron chi connectivity index (χ1n) is 9.71. The molecule has 1 rings (SSSR count). The summed E-state index contributed by atoms with van der Waals surface area (Å²) in [5, 5.41) is 18.4. The monoisotopic (exact) mass is 399 g/mol. The molecule has 0 aliphatic rings. The van der Waals surface area contributed by atoms with E-state index in [4.69, 9.17) is 16.3 Å². The molecule has 0 saturated heterocycles. The maximum Gasteiger partial charge on any atom is 0.137 e. The predicted octanol–water partition coefficient (Wildman–Crippen LogP) is 5.86. The van der Waals surface area contributed by atoms with Crippen LogP contribution in [0.5, 0.6) is 0 Å². The van der Waals surface area contributed by atoms with Crippen molar-refractivity contribution < 1.29 is 5.11 Å². The van der Waals surface area contributed by atoms with Crippen molar-refractivity contribution in [2.24, 2.45) is 0 Å². The first-order chi connectivity index (χ1) is 12.5. The molecule has 0 aromatic carbocycles. The van der Waals surface area contributed by atoms with Crippen LogP contribution in [0.1, 0.15) is 76.6 Å². The molecule has 1 aromatic rings. The minimum Gasteiger partial charge on any atom is -0.390 e. The highest BCUT2D eigenvalue weighted by Crippen LogP contribution is 2.33. The molecule has 0 amide bonds. The van der Waals surface area contributed by atoms with Crippen molar-refractivity contribution in [3.05, 3.63) is 33.4 Å². The molecular formula is C20H35ClN3OP. The Bertz CT molecular complexity index is 610. The second kappa shape index (κ2) is 12.4. The van der Waals surface area contributed by atoms with Gasteiger partial charge in [0.2, 0.25) is 0 Å². The highest BCUT2D eigenvalue weighted by Gasteiger charge is 2.15. The second-order valence-corrected chi connectivity index (χ2v) is 8.12. The molecule has 0 spiro atoms. The zero-order valence-corrected chi connectivity index (χ0v) is 18.6. The van der Waals surface area contributed by atoms with Crippen molar-refractivity contribution >= 4 is 25.8 Å². The van der Waals surface area contributed by atoms with E-state index in [9.17, 15) is 5.11 Å². The van der Waals surface area contributed by atoms with Crippen molar-refractivity contribution in [3.63, 3.8) is 0 Å². The predicted molar refractivity (Wildman–Crippen MR) is 117 cm³/mol. The Balaban J connectivity index is 2.81. The molecule has 26 heavy (non-hydrogen) atoms. The molecule has 0 aliphatic heterocycles. The van der Waals surface area contributed by atoms with Crippen LogP contribution in [-0.2, 0) is 0 Å². The van der Waals surface area contributed by atoms with Gasteiger partial charge in [0.1, 0.15) is 5.82 Å². The summed E-state index contributed by atoms with van der Waals surface area (Å²) in [5.41, 5.74) is 3.27. The molecule has 148 valence electrons. The third-order valence-electron chi connectivity index (χ3n) is 4.44. The van der Waals surface area contributed by atoms with E-state index < -0.39 is 0 Å². The Labute approximate surface area is 165 Å². The van der Waals surface area contributed by atoms with Crippen molar-refractivity contribution in [1.82, 2.24) is 10.1 Å². The number of anilines is 1. The number of rotatable bonds is 12. The minimum atomic E-state index is -0.0500. The Morgan fingerprint density at radius 3 is 2.62 bits per heavy atom. The summed E-state index contributed by atoms with van der Waals surface area (Å²) in [7, 11) is 0.470. The quantitative estimate of drug-likeness (QED) is 0.411. The van der Waals surface area contributed by atoms with Gasteiger partial charge >= 0.3 is 0 Å². The van der Waals surface area contributed by atoms with Gasteiger partial charge in [-0.05, 0) is 39.8 Å². The molecule has 0 saturated carbocycles. The van der Waals surface area contributed by atoms with Crippen LogP contribution in [0, 0.1) is 6.92 Å². The zero-order chi connectivity index (χ0) is 19.5.